The predicted molar refractivity (Wildman–Crippen MR) is 92.0 cm³/mol. The van der Waals surface area contributed by atoms with E-state index >= 15 is 0 Å². The second kappa shape index (κ2) is 8.14. The highest BCUT2D eigenvalue weighted by molar-refractivity contribution is 7.98. The van der Waals surface area contributed by atoms with Crippen molar-refractivity contribution >= 4 is 27.6 Å². The molecular weight excluding hydrogens is 320 g/mol. The van der Waals surface area contributed by atoms with Crippen molar-refractivity contribution in [2.24, 2.45) is 0 Å². The Morgan fingerprint density at radius 2 is 2.00 bits per heavy atom. The van der Waals surface area contributed by atoms with Crippen LogP contribution in [0.25, 0.3) is 0 Å². The van der Waals surface area contributed by atoms with Gasteiger partial charge in [-0.3, -0.25) is 0 Å². The molecule has 0 aliphatic carbocycles. The highest BCUT2D eigenvalue weighted by Crippen LogP contribution is 2.17. The van der Waals surface area contributed by atoms with E-state index in [1.165, 1.54) is 10.5 Å². The summed E-state index contributed by atoms with van der Waals surface area (Å²) in [4.78, 5) is 6.62. The fourth-order valence-corrected chi connectivity index (χ4v) is 4.05. The molecule has 1 aliphatic rings. The number of piperazine rings is 1. The first-order chi connectivity index (χ1) is 10.5. The van der Waals surface area contributed by atoms with E-state index in [2.05, 4.69) is 21.5 Å². The van der Waals surface area contributed by atoms with Crippen LogP contribution in [0.15, 0.2) is 23.2 Å². The summed E-state index contributed by atoms with van der Waals surface area (Å²) in [6.45, 7) is 3.45. The summed E-state index contributed by atoms with van der Waals surface area (Å²) in [6.07, 6.45) is 4.59. The van der Waals surface area contributed by atoms with Crippen LogP contribution in [0.5, 0.6) is 0 Å². The second-order valence-electron chi connectivity index (χ2n) is 5.36. The molecule has 0 amide bonds. The summed E-state index contributed by atoms with van der Waals surface area (Å²) in [5.74, 6) is 1.82. The van der Waals surface area contributed by atoms with Crippen LogP contribution in [0.2, 0.25) is 0 Å². The minimum Gasteiger partial charge on any atom is -0.370 e. The summed E-state index contributed by atoms with van der Waals surface area (Å²) in [6, 6.07) is 3.37. The molecule has 22 heavy (non-hydrogen) atoms. The molecule has 6 nitrogen and oxygen atoms in total. The van der Waals surface area contributed by atoms with Gasteiger partial charge < -0.3 is 10.2 Å². The van der Waals surface area contributed by atoms with Gasteiger partial charge in [0, 0.05) is 38.9 Å². The number of aromatic nitrogens is 1. The van der Waals surface area contributed by atoms with Crippen molar-refractivity contribution < 1.29 is 8.42 Å². The number of nitrogens with zero attached hydrogens (tertiary/aromatic N) is 3. The quantitative estimate of drug-likeness (QED) is 0.750. The van der Waals surface area contributed by atoms with Crippen molar-refractivity contribution in [2.45, 2.75) is 11.3 Å². The average molecular weight is 345 g/mol. The Balaban J connectivity index is 1.96. The standard InChI is InChI=1S/C14H24N4O2S2/c1-17-7-9-18(10-8-17)22(19,20)13-4-5-14(16-12-13)15-6-3-11-21-2/h4-5,12H,3,6-11H2,1-2H3,(H,15,16). The van der Waals surface area contributed by atoms with Gasteiger partial charge >= 0.3 is 0 Å². The summed E-state index contributed by atoms with van der Waals surface area (Å²) in [7, 11) is -1.42. The average Bonchev–Trinajstić information content (AvgIpc) is 2.52. The maximum atomic E-state index is 12.5. The van der Waals surface area contributed by atoms with E-state index in [0.29, 0.717) is 13.1 Å². The van der Waals surface area contributed by atoms with Crippen molar-refractivity contribution in [3.05, 3.63) is 18.3 Å². The topological polar surface area (TPSA) is 65.5 Å². The normalized spacial score (nSPS) is 17.5. The Kier molecular flexibility index (Phi) is 6.49. The highest BCUT2D eigenvalue weighted by atomic mass is 32.2. The lowest BCUT2D eigenvalue weighted by Gasteiger charge is -2.31. The molecule has 1 N–H and O–H groups in total. The number of anilines is 1. The lowest BCUT2D eigenvalue weighted by atomic mass is 10.4. The Morgan fingerprint density at radius 1 is 1.27 bits per heavy atom. The summed E-state index contributed by atoms with van der Waals surface area (Å²) < 4.78 is 26.6. The third-order valence-electron chi connectivity index (χ3n) is 3.67. The van der Waals surface area contributed by atoms with Gasteiger partial charge in [-0.2, -0.15) is 16.1 Å². The largest absolute Gasteiger partial charge is 0.370 e. The number of nitrogens with one attached hydrogen (secondary N) is 1. The molecule has 0 aromatic carbocycles. The minimum atomic E-state index is -3.42. The van der Waals surface area contributed by atoms with Crippen LogP contribution >= 0.6 is 11.8 Å². The van der Waals surface area contributed by atoms with E-state index in [1.807, 2.05) is 18.8 Å². The molecule has 1 aromatic heterocycles. The molecule has 0 bridgehead atoms. The Labute approximate surface area is 137 Å². The number of pyridine rings is 1. The molecule has 0 saturated carbocycles. The zero-order valence-corrected chi connectivity index (χ0v) is 14.8. The first-order valence-electron chi connectivity index (χ1n) is 7.41. The van der Waals surface area contributed by atoms with E-state index in [1.54, 1.807) is 12.1 Å². The number of thioether (sulfide) groups is 1. The molecule has 0 radical (unpaired) electrons. The van der Waals surface area contributed by atoms with Crippen LogP contribution in [-0.4, -0.2) is 74.4 Å². The zero-order valence-electron chi connectivity index (χ0n) is 13.2. The van der Waals surface area contributed by atoms with Crippen LogP contribution in [0, 0.1) is 0 Å². The molecule has 1 fully saturated rings. The Hall–Kier alpha value is -0.830. The predicted octanol–water partition coefficient (Wildman–Crippen LogP) is 1.18. The first kappa shape index (κ1) is 17.5. The van der Waals surface area contributed by atoms with Crippen molar-refractivity contribution in [1.29, 1.82) is 0 Å². The maximum Gasteiger partial charge on any atom is 0.244 e. The first-order valence-corrected chi connectivity index (χ1v) is 10.2. The molecular formula is C14H24N4O2S2. The summed E-state index contributed by atoms with van der Waals surface area (Å²) in [5.41, 5.74) is 0. The van der Waals surface area contributed by atoms with Gasteiger partial charge in [-0.25, -0.2) is 13.4 Å². The molecule has 2 heterocycles. The van der Waals surface area contributed by atoms with Gasteiger partial charge in [0.15, 0.2) is 0 Å². The highest BCUT2D eigenvalue weighted by Gasteiger charge is 2.27. The molecule has 124 valence electrons. The molecule has 0 spiro atoms. The molecule has 1 aromatic rings. The molecule has 1 aliphatic heterocycles. The summed E-state index contributed by atoms with van der Waals surface area (Å²) >= 11 is 1.81. The minimum absolute atomic E-state index is 0.270. The third kappa shape index (κ3) is 4.58. The van der Waals surface area contributed by atoms with E-state index in [4.69, 9.17) is 0 Å². The van der Waals surface area contributed by atoms with Gasteiger partial charge in [0.05, 0.1) is 0 Å². The van der Waals surface area contributed by atoms with Gasteiger partial charge in [0.25, 0.3) is 0 Å². The van der Waals surface area contributed by atoms with Crippen LogP contribution in [0.3, 0.4) is 0 Å². The number of rotatable bonds is 7. The number of sulfonamides is 1. The third-order valence-corrected chi connectivity index (χ3v) is 6.25. The smallest absolute Gasteiger partial charge is 0.244 e. The zero-order chi connectivity index (χ0) is 16.0. The Bertz CT molecular complexity index is 555. The van der Waals surface area contributed by atoms with Gasteiger partial charge in [-0.1, -0.05) is 0 Å². The fraction of sp³-hybridized carbons (Fsp3) is 0.643. The number of likely N-dealkylation sites (N-methyl/N-ethyl adjacent to an activating group) is 1. The monoisotopic (exact) mass is 344 g/mol. The van der Waals surface area contributed by atoms with E-state index in [0.717, 1.165) is 37.6 Å². The second-order valence-corrected chi connectivity index (χ2v) is 8.28. The Morgan fingerprint density at radius 3 is 2.59 bits per heavy atom. The van der Waals surface area contributed by atoms with Crippen molar-refractivity contribution in [3.8, 4) is 0 Å². The summed E-state index contributed by atoms with van der Waals surface area (Å²) in [5, 5.41) is 3.20. The van der Waals surface area contributed by atoms with Gasteiger partial charge in [-0.15, -0.1) is 0 Å². The SMILES string of the molecule is CSCCCNc1ccc(S(=O)(=O)N2CCN(C)CC2)cn1. The van der Waals surface area contributed by atoms with Gasteiger partial charge in [0.1, 0.15) is 10.7 Å². The van der Waals surface area contributed by atoms with Gasteiger partial charge in [-0.05, 0) is 37.6 Å². The van der Waals surface area contributed by atoms with E-state index in [-0.39, 0.29) is 4.90 Å². The van der Waals surface area contributed by atoms with Crippen LogP contribution < -0.4 is 5.32 Å². The molecule has 0 atom stereocenters. The van der Waals surface area contributed by atoms with Crippen molar-refractivity contribution in [3.63, 3.8) is 0 Å². The molecule has 8 heteroatoms. The lowest BCUT2D eigenvalue weighted by molar-refractivity contribution is 0.222. The van der Waals surface area contributed by atoms with E-state index < -0.39 is 10.0 Å². The lowest BCUT2D eigenvalue weighted by Crippen LogP contribution is -2.47. The van der Waals surface area contributed by atoms with Crippen LogP contribution in [0.4, 0.5) is 5.82 Å². The van der Waals surface area contributed by atoms with Crippen molar-refractivity contribution in [1.82, 2.24) is 14.2 Å². The van der Waals surface area contributed by atoms with Gasteiger partial charge in [0.2, 0.25) is 10.0 Å². The van der Waals surface area contributed by atoms with Crippen LogP contribution in [0.1, 0.15) is 6.42 Å². The molecule has 0 unspecified atom stereocenters. The van der Waals surface area contributed by atoms with Crippen LogP contribution in [-0.2, 0) is 10.0 Å². The van der Waals surface area contributed by atoms with E-state index in [9.17, 15) is 8.42 Å². The van der Waals surface area contributed by atoms with Crippen molar-refractivity contribution in [2.75, 3.05) is 57.1 Å². The molecule has 2 rings (SSSR count). The number of hydrogen-bond donors (Lipinski definition) is 1. The fourth-order valence-electron chi connectivity index (χ4n) is 2.25. The maximum absolute atomic E-state index is 12.5. The molecule has 1 saturated heterocycles. The number of hydrogen-bond acceptors (Lipinski definition) is 6.